The van der Waals surface area contributed by atoms with Crippen molar-refractivity contribution in [2.45, 2.75) is 38.8 Å². The van der Waals surface area contributed by atoms with Crippen molar-refractivity contribution in [3.8, 4) is 6.07 Å². The van der Waals surface area contributed by atoms with Gasteiger partial charge in [-0.25, -0.2) is 18.2 Å². The van der Waals surface area contributed by atoms with Crippen LogP contribution in [0.3, 0.4) is 0 Å². The molecule has 42 heavy (non-hydrogen) atoms. The van der Waals surface area contributed by atoms with Crippen molar-refractivity contribution < 1.29 is 18.0 Å². The molecule has 4 heterocycles. The Balaban J connectivity index is 1.54. The molecule has 3 aromatic rings. The molecule has 2 N–H and O–H groups in total. The molecule has 0 saturated carbocycles. The molecule has 9 nitrogen and oxygen atoms in total. The standard InChI is InChI=1S/C29H30F3N7O2S/c1-16-13-39(14-17(2)37(16)3)25-9-23(30)20(18-5-4-6-38(15-18)29-35-11-19(10-33)42-29)7-24(25)36-28(41)22-12-34-26(40)8-21(22)27(31)32/h5,7-9,11-12,16-17,27H,4,6,13-15H2,1-3H3,(H,34,40)(H,36,41)/t16-,17+. The number of piperazine rings is 1. The van der Waals surface area contributed by atoms with E-state index in [2.05, 4.69) is 40.1 Å². The van der Waals surface area contributed by atoms with Crippen LogP contribution < -0.4 is 20.7 Å². The van der Waals surface area contributed by atoms with Crippen molar-refractivity contribution in [1.29, 1.82) is 5.26 Å². The van der Waals surface area contributed by atoms with E-state index in [-0.39, 0.29) is 28.9 Å². The van der Waals surface area contributed by atoms with Gasteiger partial charge in [0.2, 0.25) is 5.56 Å². The highest BCUT2D eigenvalue weighted by Crippen LogP contribution is 2.37. The smallest absolute Gasteiger partial charge is 0.264 e. The summed E-state index contributed by atoms with van der Waals surface area (Å²) < 4.78 is 43.4. The van der Waals surface area contributed by atoms with Crippen LogP contribution in [-0.4, -0.2) is 66.1 Å². The van der Waals surface area contributed by atoms with Gasteiger partial charge in [0, 0.05) is 61.7 Å². The van der Waals surface area contributed by atoms with Crippen LogP contribution in [0, 0.1) is 17.1 Å². The largest absolute Gasteiger partial charge is 0.367 e. The predicted molar refractivity (Wildman–Crippen MR) is 157 cm³/mol. The summed E-state index contributed by atoms with van der Waals surface area (Å²) in [6.07, 6.45) is 1.97. The first kappa shape index (κ1) is 29.3. The number of H-pyrrole nitrogens is 1. The number of thiazole rings is 1. The Morgan fingerprint density at radius 3 is 2.62 bits per heavy atom. The molecule has 0 bridgehead atoms. The summed E-state index contributed by atoms with van der Waals surface area (Å²) in [5.74, 6) is -1.33. The molecule has 0 unspecified atom stereocenters. The number of hydrogen-bond donors (Lipinski definition) is 2. The molecule has 2 atom stereocenters. The van der Waals surface area contributed by atoms with Crippen molar-refractivity contribution in [3.63, 3.8) is 0 Å². The molecule has 1 fully saturated rings. The van der Waals surface area contributed by atoms with Gasteiger partial charge in [-0.15, -0.1) is 0 Å². The van der Waals surface area contributed by atoms with E-state index >= 15 is 4.39 Å². The minimum Gasteiger partial charge on any atom is -0.367 e. The van der Waals surface area contributed by atoms with Gasteiger partial charge < -0.3 is 20.1 Å². The van der Waals surface area contributed by atoms with Crippen LogP contribution in [0.5, 0.6) is 0 Å². The zero-order valence-corrected chi connectivity index (χ0v) is 24.1. The number of carbonyl (C=O) groups excluding carboxylic acids is 1. The second-order valence-corrected chi connectivity index (χ2v) is 11.6. The third-order valence-corrected chi connectivity index (χ3v) is 8.80. The first-order chi connectivity index (χ1) is 20.0. The van der Waals surface area contributed by atoms with Gasteiger partial charge in [-0.2, -0.15) is 5.26 Å². The van der Waals surface area contributed by atoms with Crippen molar-refractivity contribution in [3.05, 3.63) is 74.4 Å². The minimum atomic E-state index is -3.04. The molecule has 13 heteroatoms. The number of nitriles is 1. The lowest BCUT2D eigenvalue weighted by Gasteiger charge is -2.44. The number of rotatable bonds is 6. The van der Waals surface area contributed by atoms with Gasteiger partial charge in [-0.05, 0) is 45.0 Å². The van der Waals surface area contributed by atoms with Crippen LogP contribution in [0.25, 0.3) is 5.57 Å². The molecule has 1 amide bonds. The number of aromatic nitrogens is 2. The third kappa shape index (κ3) is 5.91. The van der Waals surface area contributed by atoms with E-state index in [9.17, 15) is 23.6 Å². The lowest BCUT2D eigenvalue weighted by atomic mass is 9.98. The van der Waals surface area contributed by atoms with Gasteiger partial charge >= 0.3 is 0 Å². The Morgan fingerprint density at radius 2 is 1.95 bits per heavy atom. The maximum absolute atomic E-state index is 15.9. The SMILES string of the molecule is C[C@@H]1CN(c2cc(F)c(C3=CCCN(c4ncc(C#N)s4)C3)cc2NC(=O)c2c[nH]c(=O)cc2C(F)F)C[C@H](C)N1C. The van der Waals surface area contributed by atoms with Gasteiger partial charge in [-0.1, -0.05) is 17.4 Å². The van der Waals surface area contributed by atoms with Crippen LogP contribution in [0.15, 0.2) is 41.5 Å². The van der Waals surface area contributed by atoms with E-state index in [1.807, 2.05) is 22.9 Å². The maximum Gasteiger partial charge on any atom is 0.264 e. The number of aromatic amines is 1. The number of anilines is 3. The maximum atomic E-state index is 15.9. The molecule has 2 aromatic heterocycles. The fourth-order valence-electron chi connectivity index (χ4n) is 5.39. The van der Waals surface area contributed by atoms with E-state index in [0.717, 1.165) is 6.20 Å². The molecule has 1 aromatic carbocycles. The number of nitrogens with zero attached hydrogens (tertiary/aromatic N) is 5. The summed E-state index contributed by atoms with van der Waals surface area (Å²) >= 11 is 1.25. The quantitative estimate of drug-likeness (QED) is 0.418. The molecule has 0 radical (unpaired) electrons. The number of alkyl halides is 2. The Kier molecular flexibility index (Phi) is 8.38. The molecule has 0 aliphatic carbocycles. The zero-order valence-electron chi connectivity index (χ0n) is 23.3. The third-order valence-electron chi connectivity index (χ3n) is 7.84. The number of likely N-dealkylation sites (N-methyl/N-ethyl adjacent to an activating group) is 1. The summed E-state index contributed by atoms with van der Waals surface area (Å²) in [4.78, 5) is 38.3. The van der Waals surface area contributed by atoms with Gasteiger partial charge in [0.1, 0.15) is 16.8 Å². The Bertz CT molecular complexity index is 1620. The fourth-order valence-corrected chi connectivity index (χ4v) is 6.13. The fraction of sp³-hybridized carbons (Fsp3) is 0.379. The predicted octanol–water partition coefficient (Wildman–Crippen LogP) is 4.85. The van der Waals surface area contributed by atoms with E-state index in [0.29, 0.717) is 59.9 Å². The molecule has 220 valence electrons. The highest BCUT2D eigenvalue weighted by atomic mass is 32.1. The molecular formula is C29H30F3N7O2S. The molecule has 5 rings (SSSR count). The van der Waals surface area contributed by atoms with Crippen LogP contribution in [0.2, 0.25) is 0 Å². The van der Waals surface area contributed by atoms with Crippen LogP contribution >= 0.6 is 11.3 Å². The summed E-state index contributed by atoms with van der Waals surface area (Å²) in [7, 11) is 2.02. The monoisotopic (exact) mass is 597 g/mol. The molecular weight excluding hydrogens is 567 g/mol. The van der Waals surface area contributed by atoms with Crippen LogP contribution in [0.1, 0.15) is 53.1 Å². The molecule has 2 aliphatic rings. The summed E-state index contributed by atoms with van der Waals surface area (Å²) in [6.45, 7) is 6.21. The minimum absolute atomic E-state index is 0.135. The average molecular weight is 598 g/mol. The van der Waals surface area contributed by atoms with Crippen molar-refractivity contribution >= 4 is 39.3 Å². The van der Waals surface area contributed by atoms with E-state index in [1.54, 1.807) is 6.07 Å². The number of amides is 1. The van der Waals surface area contributed by atoms with Crippen LogP contribution in [0.4, 0.5) is 29.7 Å². The highest BCUT2D eigenvalue weighted by Gasteiger charge is 2.30. The van der Waals surface area contributed by atoms with Gasteiger partial charge in [-0.3, -0.25) is 14.5 Å². The van der Waals surface area contributed by atoms with Gasteiger partial charge in [0.15, 0.2) is 5.13 Å². The number of halogens is 3. The normalized spacial score (nSPS) is 19.5. The second kappa shape index (κ2) is 12.0. The van der Waals surface area contributed by atoms with E-state index in [4.69, 9.17) is 0 Å². The number of benzene rings is 1. The first-order valence-electron chi connectivity index (χ1n) is 13.5. The Morgan fingerprint density at radius 1 is 1.21 bits per heavy atom. The van der Waals surface area contributed by atoms with Crippen molar-refractivity contribution in [2.24, 2.45) is 0 Å². The number of pyridine rings is 1. The van der Waals surface area contributed by atoms with Gasteiger partial charge in [0.25, 0.3) is 12.3 Å². The molecule has 0 spiro atoms. The first-order valence-corrected chi connectivity index (χ1v) is 14.3. The highest BCUT2D eigenvalue weighted by molar-refractivity contribution is 7.16. The number of carbonyl (C=O) groups is 1. The topological polar surface area (TPSA) is 108 Å². The molecule has 2 aliphatic heterocycles. The van der Waals surface area contributed by atoms with Crippen molar-refractivity contribution in [2.75, 3.05) is 48.3 Å². The average Bonchev–Trinajstić information content (AvgIpc) is 3.46. The van der Waals surface area contributed by atoms with Crippen molar-refractivity contribution in [1.82, 2.24) is 14.9 Å². The zero-order chi connectivity index (χ0) is 30.1. The van der Waals surface area contributed by atoms with E-state index in [1.165, 1.54) is 23.6 Å². The lowest BCUT2D eigenvalue weighted by Crippen LogP contribution is -2.55. The van der Waals surface area contributed by atoms with Crippen LogP contribution in [-0.2, 0) is 0 Å². The van der Waals surface area contributed by atoms with Gasteiger partial charge in [0.05, 0.1) is 23.1 Å². The number of nitrogens with one attached hydrogen (secondary N) is 2. The number of hydrogen-bond acceptors (Lipinski definition) is 8. The summed E-state index contributed by atoms with van der Waals surface area (Å²) in [5.41, 5.74) is -0.164. The second-order valence-electron chi connectivity index (χ2n) is 10.6. The summed E-state index contributed by atoms with van der Waals surface area (Å²) in [5, 5.41) is 12.6. The lowest BCUT2D eigenvalue weighted by molar-refractivity contribution is 0.101. The molecule has 1 saturated heterocycles. The van der Waals surface area contributed by atoms with E-state index < -0.39 is 29.3 Å². The summed E-state index contributed by atoms with van der Waals surface area (Å²) in [6, 6.07) is 5.98. The Hall–Kier alpha value is -4.15. The Labute approximate surface area is 244 Å².